The standard InChI is InChI=1S/C20H31N3O3/c1-22(20(25)10-9-19(21)24)14-16-6-5-12-23(15-16)13-11-17-7-3-4-8-18(17)26-2/h3-4,7-8,16H,5-6,9-15H2,1-2H3,(H2,21,24)/t16-/m1/s1. The Balaban J connectivity index is 1.79. The summed E-state index contributed by atoms with van der Waals surface area (Å²) in [5.74, 6) is 0.992. The largest absolute Gasteiger partial charge is 0.496 e. The van der Waals surface area contributed by atoms with E-state index >= 15 is 0 Å². The van der Waals surface area contributed by atoms with Gasteiger partial charge in [0, 0.05) is 39.5 Å². The minimum atomic E-state index is -0.424. The van der Waals surface area contributed by atoms with Crippen molar-refractivity contribution in [3.05, 3.63) is 29.8 Å². The van der Waals surface area contributed by atoms with Gasteiger partial charge in [0.25, 0.3) is 0 Å². The van der Waals surface area contributed by atoms with Crippen LogP contribution in [0, 0.1) is 5.92 Å². The molecule has 6 nitrogen and oxygen atoms in total. The lowest BCUT2D eigenvalue weighted by Gasteiger charge is -2.34. The smallest absolute Gasteiger partial charge is 0.222 e. The van der Waals surface area contributed by atoms with Gasteiger partial charge in [-0.2, -0.15) is 0 Å². The number of amides is 2. The molecule has 2 rings (SSSR count). The minimum absolute atomic E-state index is 0.00468. The minimum Gasteiger partial charge on any atom is -0.496 e. The van der Waals surface area contributed by atoms with Crippen LogP contribution in [0.15, 0.2) is 24.3 Å². The predicted molar refractivity (Wildman–Crippen MR) is 102 cm³/mol. The quantitative estimate of drug-likeness (QED) is 0.726. The molecule has 1 aliphatic heterocycles. The van der Waals surface area contributed by atoms with Gasteiger partial charge in [0.05, 0.1) is 7.11 Å². The Kier molecular flexibility index (Phi) is 7.91. The monoisotopic (exact) mass is 361 g/mol. The van der Waals surface area contributed by atoms with E-state index in [0.717, 1.165) is 51.2 Å². The van der Waals surface area contributed by atoms with Crippen molar-refractivity contribution in [2.75, 3.05) is 40.3 Å². The Morgan fingerprint density at radius 2 is 2.08 bits per heavy atom. The first-order chi connectivity index (χ1) is 12.5. The summed E-state index contributed by atoms with van der Waals surface area (Å²) in [5.41, 5.74) is 6.35. The molecule has 6 heteroatoms. The van der Waals surface area contributed by atoms with Crippen LogP contribution in [0.4, 0.5) is 0 Å². The van der Waals surface area contributed by atoms with Gasteiger partial charge in [0.2, 0.25) is 11.8 Å². The number of ether oxygens (including phenoxy) is 1. The van der Waals surface area contributed by atoms with Crippen molar-refractivity contribution in [1.29, 1.82) is 0 Å². The average Bonchev–Trinajstić information content (AvgIpc) is 2.64. The summed E-state index contributed by atoms with van der Waals surface area (Å²) in [5, 5.41) is 0. The van der Waals surface area contributed by atoms with Gasteiger partial charge in [-0.1, -0.05) is 18.2 Å². The summed E-state index contributed by atoms with van der Waals surface area (Å²) in [6, 6.07) is 8.15. The zero-order chi connectivity index (χ0) is 18.9. The number of carbonyl (C=O) groups is 2. The van der Waals surface area contributed by atoms with Gasteiger partial charge in [-0.3, -0.25) is 9.59 Å². The summed E-state index contributed by atoms with van der Waals surface area (Å²) in [6.45, 7) is 3.84. The number of methoxy groups -OCH3 is 1. The molecule has 1 aliphatic rings. The first-order valence-corrected chi connectivity index (χ1v) is 9.36. The van der Waals surface area contributed by atoms with Crippen LogP contribution >= 0.6 is 0 Å². The van der Waals surface area contributed by atoms with Crippen LogP contribution in [0.3, 0.4) is 0 Å². The second kappa shape index (κ2) is 10.2. The SMILES string of the molecule is COc1ccccc1CCN1CCC[C@H](CN(C)C(=O)CCC(N)=O)C1. The highest BCUT2D eigenvalue weighted by Gasteiger charge is 2.22. The van der Waals surface area contributed by atoms with Crippen molar-refractivity contribution in [1.82, 2.24) is 9.80 Å². The number of carbonyl (C=O) groups excluding carboxylic acids is 2. The maximum atomic E-state index is 12.1. The maximum absolute atomic E-state index is 12.1. The molecule has 0 bridgehead atoms. The molecule has 0 saturated carbocycles. The van der Waals surface area contributed by atoms with E-state index in [2.05, 4.69) is 11.0 Å². The van der Waals surface area contributed by atoms with Crippen LogP contribution in [0.2, 0.25) is 0 Å². The van der Waals surface area contributed by atoms with Crippen molar-refractivity contribution in [2.45, 2.75) is 32.1 Å². The molecule has 0 aliphatic carbocycles. The van der Waals surface area contributed by atoms with Crippen molar-refractivity contribution < 1.29 is 14.3 Å². The van der Waals surface area contributed by atoms with Gasteiger partial charge in [-0.15, -0.1) is 0 Å². The fraction of sp³-hybridized carbons (Fsp3) is 0.600. The number of benzene rings is 1. The van der Waals surface area contributed by atoms with Crippen molar-refractivity contribution in [2.24, 2.45) is 11.7 Å². The van der Waals surface area contributed by atoms with E-state index in [1.807, 2.05) is 25.2 Å². The summed E-state index contributed by atoms with van der Waals surface area (Å²) in [7, 11) is 3.53. The van der Waals surface area contributed by atoms with E-state index in [1.165, 1.54) is 5.56 Å². The first kappa shape index (κ1) is 20.2. The van der Waals surface area contributed by atoms with Crippen LogP contribution < -0.4 is 10.5 Å². The predicted octanol–water partition coefficient (Wildman–Crippen LogP) is 1.67. The van der Waals surface area contributed by atoms with Gasteiger partial charge in [-0.25, -0.2) is 0 Å². The van der Waals surface area contributed by atoms with Crippen LogP contribution in [-0.4, -0.2) is 62.0 Å². The van der Waals surface area contributed by atoms with Gasteiger partial charge < -0.3 is 20.3 Å². The Hall–Kier alpha value is -2.08. The molecular weight excluding hydrogens is 330 g/mol. The molecule has 1 saturated heterocycles. The third kappa shape index (κ3) is 6.33. The number of hydrogen-bond acceptors (Lipinski definition) is 4. The van der Waals surface area contributed by atoms with Crippen LogP contribution in [0.25, 0.3) is 0 Å². The van der Waals surface area contributed by atoms with Gasteiger partial charge in [0.1, 0.15) is 5.75 Å². The lowest BCUT2D eigenvalue weighted by Crippen LogP contribution is -2.42. The normalized spacial score (nSPS) is 17.7. The Morgan fingerprint density at radius 3 is 2.81 bits per heavy atom. The van der Waals surface area contributed by atoms with E-state index < -0.39 is 5.91 Å². The lowest BCUT2D eigenvalue weighted by molar-refractivity contribution is -0.132. The first-order valence-electron chi connectivity index (χ1n) is 9.36. The van der Waals surface area contributed by atoms with E-state index in [4.69, 9.17) is 10.5 Å². The highest BCUT2D eigenvalue weighted by molar-refractivity contribution is 5.82. The molecule has 144 valence electrons. The molecule has 1 fully saturated rings. The number of rotatable bonds is 9. The summed E-state index contributed by atoms with van der Waals surface area (Å²) in [4.78, 5) is 27.1. The molecule has 1 heterocycles. The van der Waals surface area contributed by atoms with Crippen LogP contribution in [0.5, 0.6) is 5.75 Å². The Bertz CT molecular complexity index is 606. The molecule has 2 amide bonds. The lowest BCUT2D eigenvalue weighted by atomic mass is 9.97. The van der Waals surface area contributed by atoms with Gasteiger partial charge in [-0.05, 0) is 43.4 Å². The molecule has 0 unspecified atom stereocenters. The number of nitrogens with zero attached hydrogens (tertiary/aromatic N) is 2. The summed E-state index contributed by atoms with van der Waals surface area (Å²) >= 11 is 0. The second-order valence-corrected chi connectivity index (χ2v) is 7.11. The molecule has 0 aromatic heterocycles. The third-order valence-corrected chi connectivity index (χ3v) is 5.04. The van der Waals surface area contributed by atoms with E-state index in [1.54, 1.807) is 12.0 Å². The average molecular weight is 361 g/mol. The fourth-order valence-corrected chi connectivity index (χ4v) is 3.60. The summed E-state index contributed by atoms with van der Waals surface area (Å²) < 4.78 is 5.43. The molecule has 2 N–H and O–H groups in total. The van der Waals surface area contributed by atoms with Gasteiger partial charge in [0.15, 0.2) is 0 Å². The van der Waals surface area contributed by atoms with E-state index in [-0.39, 0.29) is 18.7 Å². The van der Waals surface area contributed by atoms with Crippen molar-refractivity contribution in [3.63, 3.8) is 0 Å². The highest BCUT2D eigenvalue weighted by Crippen LogP contribution is 2.21. The molecular formula is C20H31N3O3. The number of nitrogens with two attached hydrogens (primary N) is 1. The second-order valence-electron chi connectivity index (χ2n) is 7.11. The number of piperidine rings is 1. The molecule has 1 aromatic rings. The van der Waals surface area contributed by atoms with Crippen LogP contribution in [-0.2, 0) is 16.0 Å². The van der Waals surface area contributed by atoms with Crippen molar-refractivity contribution in [3.8, 4) is 5.75 Å². The zero-order valence-electron chi connectivity index (χ0n) is 15.9. The molecule has 1 aromatic carbocycles. The number of hydrogen-bond donors (Lipinski definition) is 1. The number of para-hydroxylation sites is 1. The van der Waals surface area contributed by atoms with Gasteiger partial charge >= 0.3 is 0 Å². The van der Waals surface area contributed by atoms with E-state index in [9.17, 15) is 9.59 Å². The maximum Gasteiger partial charge on any atom is 0.222 e. The van der Waals surface area contributed by atoms with Crippen LogP contribution in [0.1, 0.15) is 31.2 Å². The summed E-state index contributed by atoms with van der Waals surface area (Å²) in [6.07, 6.45) is 3.58. The Morgan fingerprint density at radius 1 is 1.31 bits per heavy atom. The topological polar surface area (TPSA) is 75.9 Å². The molecule has 0 radical (unpaired) electrons. The molecule has 0 spiro atoms. The molecule has 1 atom stereocenters. The molecule has 26 heavy (non-hydrogen) atoms. The zero-order valence-corrected chi connectivity index (χ0v) is 15.9. The number of primary amides is 1. The number of likely N-dealkylation sites (tertiary alicyclic amines) is 1. The van der Waals surface area contributed by atoms with E-state index in [0.29, 0.717) is 5.92 Å². The Labute approximate surface area is 156 Å². The van der Waals surface area contributed by atoms with Crippen molar-refractivity contribution >= 4 is 11.8 Å². The third-order valence-electron chi connectivity index (χ3n) is 5.04. The highest BCUT2D eigenvalue weighted by atomic mass is 16.5. The fourth-order valence-electron chi connectivity index (χ4n) is 3.60.